The van der Waals surface area contributed by atoms with E-state index in [9.17, 15) is 9.59 Å². The van der Waals surface area contributed by atoms with Gasteiger partial charge in [-0.05, 0) is 28.5 Å². The third kappa shape index (κ3) is 5.02. The largest absolute Gasteiger partial charge is 0.347 e. The van der Waals surface area contributed by atoms with Gasteiger partial charge in [0.15, 0.2) is 0 Å². The summed E-state index contributed by atoms with van der Waals surface area (Å²) in [5, 5.41) is 4.98. The van der Waals surface area contributed by atoms with Gasteiger partial charge in [0, 0.05) is 38.9 Å². The molecule has 1 aliphatic heterocycles. The number of fused-ring (bicyclic) bond motifs is 1. The molecular weight excluding hydrogens is 376 g/mol. The van der Waals surface area contributed by atoms with E-state index in [2.05, 4.69) is 15.2 Å². The number of benzene rings is 2. The Bertz CT molecular complexity index is 1010. The second kappa shape index (κ2) is 9.50. The Morgan fingerprint density at radius 3 is 2.47 bits per heavy atom. The fourth-order valence-corrected chi connectivity index (χ4v) is 3.84. The molecule has 0 spiro atoms. The number of carbonyl (C=O) groups is 2. The molecule has 2 heterocycles. The average molecular weight is 402 g/mol. The van der Waals surface area contributed by atoms with Gasteiger partial charge in [0.2, 0.25) is 11.8 Å². The fourth-order valence-electron chi connectivity index (χ4n) is 3.84. The van der Waals surface area contributed by atoms with Crippen LogP contribution in [0.2, 0.25) is 0 Å². The maximum Gasteiger partial charge on any atom is 0.242 e. The van der Waals surface area contributed by atoms with Crippen molar-refractivity contribution < 1.29 is 9.59 Å². The Morgan fingerprint density at radius 2 is 1.67 bits per heavy atom. The standard InChI is InChI=1S/C24H26N4O2/c29-23(16-20-8-5-7-19-6-1-2-10-22(19)20)26-17-24(30)28-14-12-27(13-15-28)18-21-9-3-4-11-25-21/h1-11H,12-18H2,(H,26,29). The van der Waals surface area contributed by atoms with Gasteiger partial charge in [-0.3, -0.25) is 19.5 Å². The number of carbonyl (C=O) groups excluding carboxylic acids is 2. The van der Waals surface area contributed by atoms with Gasteiger partial charge < -0.3 is 10.2 Å². The topological polar surface area (TPSA) is 65.5 Å². The van der Waals surface area contributed by atoms with Gasteiger partial charge >= 0.3 is 0 Å². The number of piperazine rings is 1. The number of amides is 2. The molecule has 1 aromatic heterocycles. The molecule has 30 heavy (non-hydrogen) atoms. The van der Waals surface area contributed by atoms with Gasteiger partial charge in [-0.25, -0.2) is 0 Å². The van der Waals surface area contributed by atoms with Crippen molar-refractivity contribution in [3.63, 3.8) is 0 Å². The summed E-state index contributed by atoms with van der Waals surface area (Å²) in [7, 11) is 0. The van der Waals surface area contributed by atoms with Crippen molar-refractivity contribution in [1.29, 1.82) is 0 Å². The normalized spacial score (nSPS) is 14.6. The van der Waals surface area contributed by atoms with Crippen molar-refractivity contribution in [2.75, 3.05) is 32.7 Å². The van der Waals surface area contributed by atoms with Crippen LogP contribution in [0.15, 0.2) is 66.9 Å². The molecule has 4 rings (SSSR count). The SMILES string of the molecule is O=C(Cc1cccc2ccccc12)NCC(=O)N1CCN(Cc2ccccn2)CC1. The Morgan fingerprint density at radius 1 is 0.900 bits per heavy atom. The number of hydrogen-bond donors (Lipinski definition) is 1. The monoisotopic (exact) mass is 402 g/mol. The van der Waals surface area contributed by atoms with E-state index in [4.69, 9.17) is 0 Å². The van der Waals surface area contributed by atoms with Gasteiger partial charge in [-0.1, -0.05) is 48.5 Å². The molecule has 6 nitrogen and oxygen atoms in total. The van der Waals surface area contributed by atoms with Crippen LogP contribution in [0.4, 0.5) is 0 Å². The first kappa shape index (κ1) is 20.0. The molecule has 0 unspecified atom stereocenters. The number of pyridine rings is 1. The van der Waals surface area contributed by atoms with Crippen molar-refractivity contribution in [2.24, 2.45) is 0 Å². The van der Waals surface area contributed by atoms with E-state index in [1.165, 1.54) is 0 Å². The predicted molar refractivity (Wildman–Crippen MR) is 117 cm³/mol. The fraction of sp³-hybridized carbons (Fsp3) is 0.292. The van der Waals surface area contributed by atoms with E-state index in [-0.39, 0.29) is 24.8 Å². The quantitative estimate of drug-likeness (QED) is 0.687. The number of rotatable bonds is 6. The van der Waals surface area contributed by atoms with E-state index in [0.29, 0.717) is 13.1 Å². The molecule has 2 aromatic carbocycles. The highest BCUT2D eigenvalue weighted by molar-refractivity contribution is 5.91. The first-order valence-corrected chi connectivity index (χ1v) is 10.3. The lowest BCUT2D eigenvalue weighted by Gasteiger charge is -2.34. The molecule has 1 aliphatic rings. The van der Waals surface area contributed by atoms with Crippen LogP contribution in [0.3, 0.4) is 0 Å². The molecule has 0 saturated carbocycles. The number of aromatic nitrogens is 1. The first-order valence-electron chi connectivity index (χ1n) is 10.3. The summed E-state index contributed by atoms with van der Waals surface area (Å²) in [6.07, 6.45) is 2.07. The second-order valence-electron chi connectivity index (χ2n) is 7.57. The first-order chi connectivity index (χ1) is 14.7. The van der Waals surface area contributed by atoms with Gasteiger partial charge in [-0.2, -0.15) is 0 Å². The lowest BCUT2D eigenvalue weighted by Crippen LogP contribution is -2.51. The van der Waals surface area contributed by atoms with E-state index in [1.54, 1.807) is 6.20 Å². The maximum absolute atomic E-state index is 12.5. The zero-order valence-electron chi connectivity index (χ0n) is 17.0. The van der Waals surface area contributed by atoms with Gasteiger partial charge in [0.05, 0.1) is 18.7 Å². The van der Waals surface area contributed by atoms with Crippen LogP contribution in [0, 0.1) is 0 Å². The Balaban J connectivity index is 1.23. The van der Waals surface area contributed by atoms with Crippen molar-refractivity contribution in [1.82, 2.24) is 20.1 Å². The van der Waals surface area contributed by atoms with Crippen LogP contribution in [0.25, 0.3) is 10.8 Å². The molecule has 0 aliphatic carbocycles. The van der Waals surface area contributed by atoms with E-state index < -0.39 is 0 Å². The predicted octanol–water partition coefficient (Wildman–Crippen LogP) is 2.24. The van der Waals surface area contributed by atoms with Gasteiger partial charge in [0.1, 0.15) is 0 Å². The lowest BCUT2D eigenvalue weighted by atomic mass is 10.0. The zero-order valence-corrected chi connectivity index (χ0v) is 17.0. The highest BCUT2D eigenvalue weighted by atomic mass is 16.2. The molecule has 2 amide bonds. The highest BCUT2D eigenvalue weighted by Crippen LogP contribution is 2.18. The summed E-state index contributed by atoms with van der Waals surface area (Å²) < 4.78 is 0. The summed E-state index contributed by atoms with van der Waals surface area (Å²) in [5.74, 6) is -0.160. The third-order valence-corrected chi connectivity index (χ3v) is 5.50. The van der Waals surface area contributed by atoms with Crippen LogP contribution >= 0.6 is 0 Å². The van der Waals surface area contributed by atoms with Crippen LogP contribution in [-0.4, -0.2) is 59.3 Å². The summed E-state index contributed by atoms with van der Waals surface area (Å²) in [6, 6.07) is 19.9. The summed E-state index contributed by atoms with van der Waals surface area (Å²) in [5.41, 5.74) is 2.01. The Hall–Kier alpha value is -3.25. The minimum Gasteiger partial charge on any atom is -0.347 e. The van der Waals surface area contributed by atoms with Crippen LogP contribution in [0.5, 0.6) is 0 Å². The van der Waals surface area contributed by atoms with Crippen molar-refractivity contribution in [2.45, 2.75) is 13.0 Å². The van der Waals surface area contributed by atoms with E-state index in [0.717, 1.165) is 41.7 Å². The van der Waals surface area contributed by atoms with Crippen molar-refractivity contribution in [3.05, 3.63) is 78.1 Å². The molecule has 0 atom stereocenters. The summed E-state index contributed by atoms with van der Waals surface area (Å²) in [6.45, 7) is 3.81. The molecule has 3 aromatic rings. The highest BCUT2D eigenvalue weighted by Gasteiger charge is 2.21. The summed E-state index contributed by atoms with van der Waals surface area (Å²) >= 11 is 0. The molecule has 154 valence electrons. The van der Waals surface area contributed by atoms with Crippen molar-refractivity contribution in [3.8, 4) is 0 Å². The second-order valence-corrected chi connectivity index (χ2v) is 7.57. The molecule has 6 heteroatoms. The number of hydrogen-bond acceptors (Lipinski definition) is 4. The minimum absolute atomic E-state index is 0.0289. The molecule has 1 saturated heterocycles. The molecule has 1 N–H and O–H groups in total. The molecular formula is C24H26N4O2. The van der Waals surface area contributed by atoms with E-state index in [1.807, 2.05) is 65.6 Å². The molecule has 0 radical (unpaired) electrons. The summed E-state index contributed by atoms with van der Waals surface area (Å²) in [4.78, 5) is 33.4. The van der Waals surface area contributed by atoms with Gasteiger partial charge in [-0.15, -0.1) is 0 Å². The van der Waals surface area contributed by atoms with Crippen LogP contribution < -0.4 is 5.32 Å². The third-order valence-electron chi connectivity index (χ3n) is 5.50. The lowest BCUT2D eigenvalue weighted by molar-refractivity contribution is -0.134. The molecule has 0 bridgehead atoms. The Labute approximate surface area is 176 Å². The minimum atomic E-state index is -0.131. The number of nitrogens with one attached hydrogen (secondary N) is 1. The average Bonchev–Trinajstić information content (AvgIpc) is 2.79. The number of nitrogens with zero attached hydrogens (tertiary/aromatic N) is 3. The van der Waals surface area contributed by atoms with Gasteiger partial charge in [0.25, 0.3) is 0 Å². The van der Waals surface area contributed by atoms with Crippen molar-refractivity contribution >= 4 is 22.6 Å². The van der Waals surface area contributed by atoms with Crippen LogP contribution in [0.1, 0.15) is 11.3 Å². The smallest absolute Gasteiger partial charge is 0.242 e. The van der Waals surface area contributed by atoms with E-state index >= 15 is 0 Å². The maximum atomic E-state index is 12.5. The van der Waals surface area contributed by atoms with Crippen LogP contribution in [-0.2, 0) is 22.6 Å². The molecule has 1 fully saturated rings. The Kier molecular flexibility index (Phi) is 6.35. The zero-order chi connectivity index (χ0) is 20.8.